The van der Waals surface area contributed by atoms with Crippen LogP contribution in [-0.2, 0) is 13.6 Å². The van der Waals surface area contributed by atoms with E-state index in [4.69, 9.17) is 4.42 Å². The predicted molar refractivity (Wildman–Crippen MR) is 95.9 cm³/mol. The van der Waals surface area contributed by atoms with Crippen molar-refractivity contribution in [1.29, 1.82) is 0 Å². The van der Waals surface area contributed by atoms with E-state index in [0.717, 1.165) is 43.9 Å². The van der Waals surface area contributed by atoms with Gasteiger partial charge in [-0.15, -0.1) is 0 Å². The highest BCUT2D eigenvalue weighted by Gasteiger charge is 2.28. The fourth-order valence-electron chi connectivity index (χ4n) is 3.53. The van der Waals surface area contributed by atoms with Crippen LogP contribution in [0, 0.1) is 5.92 Å². The van der Waals surface area contributed by atoms with Crippen molar-refractivity contribution in [2.75, 3.05) is 13.1 Å². The van der Waals surface area contributed by atoms with Crippen LogP contribution in [0.3, 0.4) is 0 Å². The van der Waals surface area contributed by atoms with E-state index in [2.05, 4.69) is 19.9 Å². The number of imidazole rings is 1. The lowest BCUT2D eigenvalue weighted by atomic mass is 9.90. The van der Waals surface area contributed by atoms with Crippen molar-refractivity contribution in [3.63, 3.8) is 0 Å². The van der Waals surface area contributed by atoms with Gasteiger partial charge in [0.1, 0.15) is 11.9 Å². The van der Waals surface area contributed by atoms with Gasteiger partial charge in [0, 0.05) is 43.9 Å². The quantitative estimate of drug-likeness (QED) is 0.759. The molecule has 7 nitrogen and oxygen atoms in total. The summed E-state index contributed by atoms with van der Waals surface area (Å²) in [5.74, 6) is 2.30. The second kappa shape index (κ2) is 7.39. The monoisotopic (exact) mass is 353 g/mol. The molecule has 0 aromatic carbocycles. The maximum atomic E-state index is 10.6. The summed E-state index contributed by atoms with van der Waals surface area (Å²) in [5, 5.41) is 10.6. The van der Waals surface area contributed by atoms with Gasteiger partial charge in [0.05, 0.1) is 6.26 Å². The summed E-state index contributed by atoms with van der Waals surface area (Å²) in [6, 6.07) is 3.68. The van der Waals surface area contributed by atoms with E-state index in [0.29, 0.717) is 11.6 Å². The van der Waals surface area contributed by atoms with E-state index < -0.39 is 6.10 Å². The summed E-state index contributed by atoms with van der Waals surface area (Å²) < 4.78 is 7.21. The molecule has 1 aliphatic rings. The molecule has 1 aliphatic heterocycles. The molecule has 1 N–H and O–H groups in total. The molecule has 4 rings (SSSR count). The zero-order valence-corrected chi connectivity index (χ0v) is 14.8. The largest absolute Gasteiger partial charge is 0.461 e. The van der Waals surface area contributed by atoms with Crippen molar-refractivity contribution in [1.82, 2.24) is 24.4 Å². The standard InChI is InChI=1S/C19H23N5O2/c1-23-9-6-20-19(23)17(25)15-4-7-24(8-5-15)13-14-11-21-18(22-12-14)16-3-2-10-26-16/h2-3,6,9-12,15,17,25H,4-5,7-8,13H2,1H3/t17-/m1/s1. The maximum absolute atomic E-state index is 10.6. The third kappa shape index (κ3) is 3.54. The lowest BCUT2D eigenvalue weighted by molar-refractivity contribution is 0.0491. The molecule has 1 fully saturated rings. The molecule has 3 aromatic rings. The van der Waals surface area contributed by atoms with Crippen LogP contribution in [0.15, 0.2) is 47.6 Å². The molecule has 7 heteroatoms. The molecule has 26 heavy (non-hydrogen) atoms. The number of hydrogen-bond acceptors (Lipinski definition) is 6. The van der Waals surface area contributed by atoms with Gasteiger partial charge >= 0.3 is 0 Å². The average molecular weight is 353 g/mol. The van der Waals surface area contributed by atoms with Gasteiger partial charge in [-0.25, -0.2) is 15.0 Å². The van der Waals surface area contributed by atoms with E-state index >= 15 is 0 Å². The molecule has 0 aliphatic carbocycles. The minimum atomic E-state index is -0.493. The molecule has 1 atom stereocenters. The molecular formula is C19H23N5O2. The summed E-state index contributed by atoms with van der Waals surface area (Å²) in [7, 11) is 1.92. The van der Waals surface area contributed by atoms with E-state index in [9.17, 15) is 5.11 Å². The summed E-state index contributed by atoms with van der Waals surface area (Å²) in [6.07, 6.45) is 10.4. The van der Waals surface area contributed by atoms with Crippen LogP contribution in [0.1, 0.15) is 30.3 Å². The first-order valence-electron chi connectivity index (χ1n) is 8.93. The second-order valence-corrected chi connectivity index (χ2v) is 6.85. The summed E-state index contributed by atoms with van der Waals surface area (Å²) in [6.45, 7) is 2.72. The highest BCUT2D eigenvalue weighted by atomic mass is 16.3. The molecule has 0 spiro atoms. The third-order valence-electron chi connectivity index (χ3n) is 5.05. The fourth-order valence-corrected chi connectivity index (χ4v) is 3.53. The Bertz CT molecular complexity index is 820. The number of likely N-dealkylation sites (tertiary alicyclic amines) is 1. The first-order chi connectivity index (χ1) is 12.7. The number of furan rings is 1. The van der Waals surface area contributed by atoms with E-state index in [1.165, 1.54) is 0 Å². The molecule has 0 amide bonds. The summed E-state index contributed by atoms with van der Waals surface area (Å²) in [4.78, 5) is 15.4. The Hall–Kier alpha value is -2.51. The van der Waals surface area contributed by atoms with Crippen LogP contribution in [0.2, 0.25) is 0 Å². The van der Waals surface area contributed by atoms with Gasteiger partial charge in [-0.1, -0.05) is 0 Å². The number of hydrogen-bond donors (Lipinski definition) is 1. The van der Waals surface area contributed by atoms with Crippen LogP contribution in [0.4, 0.5) is 0 Å². The first-order valence-corrected chi connectivity index (χ1v) is 8.93. The maximum Gasteiger partial charge on any atom is 0.195 e. The van der Waals surface area contributed by atoms with Crippen LogP contribution in [-0.4, -0.2) is 42.6 Å². The van der Waals surface area contributed by atoms with Crippen LogP contribution < -0.4 is 0 Å². The van der Waals surface area contributed by atoms with E-state index in [1.807, 2.05) is 42.3 Å². The van der Waals surface area contributed by atoms with Crippen molar-refractivity contribution in [2.45, 2.75) is 25.5 Å². The Morgan fingerprint density at radius 1 is 1.23 bits per heavy atom. The Morgan fingerprint density at radius 2 is 2.00 bits per heavy atom. The Balaban J connectivity index is 1.32. The Kier molecular flexibility index (Phi) is 4.81. The lowest BCUT2D eigenvalue weighted by Gasteiger charge is -2.33. The molecule has 1 saturated heterocycles. The van der Waals surface area contributed by atoms with Gasteiger partial charge < -0.3 is 14.1 Å². The van der Waals surface area contributed by atoms with Crippen molar-refractivity contribution in [3.8, 4) is 11.6 Å². The van der Waals surface area contributed by atoms with Gasteiger partial charge in [-0.3, -0.25) is 4.90 Å². The smallest absolute Gasteiger partial charge is 0.195 e. The first kappa shape index (κ1) is 16.9. The molecule has 136 valence electrons. The molecule has 0 radical (unpaired) electrons. The average Bonchev–Trinajstić information content (AvgIpc) is 3.34. The minimum absolute atomic E-state index is 0.255. The van der Waals surface area contributed by atoms with Crippen LogP contribution in [0.25, 0.3) is 11.6 Å². The molecule has 3 aromatic heterocycles. The number of aromatic nitrogens is 4. The minimum Gasteiger partial charge on any atom is -0.461 e. The lowest BCUT2D eigenvalue weighted by Crippen LogP contribution is -2.35. The number of piperidine rings is 1. The van der Waals surface area contributed by atoms with Gasteiger partial charge in [-0.05, 0) is 44.0 Å². The van der Waals surface area contributed by atoms with Crippen LogP contribution in [0.5, 0.6) is 0 Å². The van der Waals surface area contributed by atoms with Gasteiger partial charge in [-0.2, -0.15) is 0 Å². The topological polar surface area (TPSA) is 80.2 Å². The molecule has 0 bridgehead atoms. The zero-order valence-electron chi connectivity index (χ0n) is 14.8. The highest BCUT2D eigenvalue weighted by molar-refractivity contribution is 5.45. The zero-order chi connectivity index (χ0) is 17.9. The number of nitrogens with zero attached hydrogens (tertiary/aromatic N) is 5. The fraction of sp³-hybridized carbons (Fsp3) is 0.421. The Labute approximate surface area is 152 Å². The van der Waals surface area contributed by atoms with Gasteiger partial charge in [0.25, 0.3) is 0 Å². The van der Waals surface area contributed by atoms with Crippen molar-refractivity contribution in [2.24, 2.45) is 13.0 Å². The van der Waals surface area contributed by atoms with Crippen LogP contribution >= 0.6 is 0 Å². The highest BCUT2D eigenvalue weighted by Crippen LogP contribution is 2.30. The number of rotatable bonds is 5. The van der Waals surface area contributed by atoms with Crippen molar-refractivity contribution in [3.05, 3.63) is 54.6 Å². The molecule has 0 unspecified atom stereocenters. The SMILES string of the molecule is Cn1ccnc1[C@H](O)C1CCN(Cc2cnc(-c3ccco3)nc2)CC1. The van der Waals surface area contributed by atoms with Gasteiger partial charge in [0.2, 0.25) is 0 Å². The second-order valence-electron chi connectivity index (χ2n) is 6.85. The normalized spacial score (nSPS) is 17.5. The molecule has 0 saturated carbocycles. The Morgan fingerprint density at radius 3 is 2.62 bits per heavy atom. The third-order valence-corrected chi connectivity index (χ3v) is 5.05. The summed E-state index contributed by atoms with van der Waals surface area (Å²) >= 11 is 0. The van der Waals surface area contributed by atoms with E-state index in [1.54, 1.807) is 12.5 Å². The predicted octanol–water partition coefficient (Wildman–Crippen LogP) is 2.42. The van der Waals surface area contributed by atoms with Crippen molar-refractivity contribution >= 4 is 0 Å². The number of aliphatic hydroxyl groups is 1. The van der Waals surface area contributed by atoms with Crippen molar-refractivity contribution < 1.29 is 9.52 Å². The molecular weight excluding hydrogens is 330 g/mol. The van der Waals surface area contributed by atoms with E-state index in [-0.39, 0.29) is 5.92 Å². The molecule has 4 heterocycles. The van der Waals surface area contributed by atoms with Gasteiger partial charge in [0.15, 0.2) is 11.6 Å². The number of aliphatic hydroxyl groups excluding tert-OH is 1. The number of aryl methyl sites for hydroxylation is 1. The summed E-state index contributed by atoms with van der Waals surface area (Å²) in [5.41, 5.74) is 1.09.